The molecule has 3 aromatic rings. The van der Waals surface area contributed by atoms with Crippen molar-refractivity contribution < 1.29 is 19.1 Å². The average Bonchev–Trinajstić information content (AvgIpc) is 3.36. The summed E-state index contributed by atoms with van der Waals surface area (Å²) in [6.07, 6.45) is 1.45. The molecule has 0 spiro atoms. The number of aromatic nitrogens is 3. The number of ether oxygens (including phenoxy) is 2. The lowest BCUT2D eigenvalue weighted by molar-refractivity contribution is -0.137. The Morgan fingerprint density at radius 3 is 2.60 bits per heavy atom. The smallest absolute Gasteiger partial charge is 0.260 e. The molecule has 1 saturated heterocycles. The Bertz CT molecular complexity index is 1230. The normalized spacial score (nSPS) is 17.4. The molecule has 2 amide bonds. The number of benzene rings is 2. The van der Waals surface area contributed by atoms with E-state index in [1.807, 2.05) is 49.4 Å². The third-order valence-corrected chi connectivity index (χ3v) is 5.99. The van der Waals surface area contributed by atoms with Gasteiger partial charge >= 0.3 is 0 Å². The number of nitrogens with one attached hydrogen (secondary N) is 2. The monoisotopic (exact) mass is 474 g/mol. The highest BCUT2D eigenvalue weighted by molar-refractivity contribution is 6.06. The maximum Gasteiger partial charge on any atom is 0.260 e. The zero-order valence-corrected chi connectivity index (χ0v) is 19.3. The number of rotatable bonds is 6. The Morgan fingerprint density at radius 1 is 1.11 bits per heavy atom. The predicted molar refractivity (Wildman–Crippen MR) is 129 cm³/mol. The van der Waals surface area contributed by atoms with Gasteiger partial charge in [0.25, 0.3) is 11.8 Å². The molecule has 3 heterocycles. The number of anilines is 2. The van der Waals surface area contributed by atoms with Crippen LogP contribution in [0.25, 0.3) is 0 Å². The summed E-state index contributed by atoms with van der Waals surface area (Å²) < 4.78 is 12.7. The molecular formula is C25H26N6O4. The van der Waals surface area contributed by atoms with E-state index in [1.54, 1.807) is 21.7 Å². The minimum absolute atomic E-state index is 0.0380. The zero-order chi connectivity index (χ0) is 24.2. The van der Waals surface area contributed by atoms with Crippen LogP contribution < -0.4 is 15.4 Å². The van der Waals surface area contributed by atoms with Crippen LogP contribution in [0.15, 0.2) is 72.2 Å². The highest BCUT2D eigenvalue weighted by atomic mass is 16.5. The summed E-state index contributed by atoms with van der Waals surface area (Å²) in [6, 6.07) is 16.2. The van der Waals surface area contributed by atoms with Crippen LogP contribution in [-0.4, -0.2) is 64.4 Å². The summed E-state index contributed by atoms with van der Waals surface area (Å²) in [5.41, 5.74) is 2.76. The molecule has 180 valence electrons. The number of hydrogen-bond donors (Lipinski definition) is 2. The van der Waals surface area contributed by atoms with Crippen LogP contribution in [0.5, 0.6) is 5.75 Å². The molecule has 1 aromatic heterocycles. The van der Waals surface area contributed by atoms with Crippen LogP contribution in [0.2, 0.25) is 0 Å². The van der Waals surface area contributed by atoms with Crippen LogP contribution in [0, 0.1) is 0 Å². The van der Waals surface area contributed by atoms with Crippen LogP contribution in [0.1, 0.15) is 18.5 Å². The molecule has 35 heavy (non-hydrogen) atoms. The third-order valence-electron chi connectivity index (χ3n) is 5.99. The van der Waals surface area contributed by atoms with Crippen LogP contribution in [-0.2, 0) is 14.3 Å². The summed E-state index contributed by atoms with van der Waals surface area (Å²) >= 11 is 0. The molecule has 0 aliphatic carbocycles. The van der Waals surface area contributed by atoms with Gasteiger partial charge in [-0.3, -0.25) is 9.59 Å². The van der Waals surface area contributed by atoms with Crippen molar-refractivity contribution >= 4 is 23.5 Å². The fourth-order valence-corrected chi connectivity index (χ4v) is 4.21. The lowest BCUT2D eigenvalue weighted by Gasteiger charge is -2.29. The highest BCUT2D eigenvalue weighted by Crippen LogP contribution is 2.35. The van der Waals surface area contributed by atoms with Crippen molar-refractivity contribution in [3.05, 3.63) is 77.8 Å². The van der Waals surface area contributed by atoms with Crippen molar-refractivity contribution in [1.29, 1.82) is 0 Å². The molecule has 1 fully saturated rings. The summed E-state index contributed by atoms with van der Waals surface area (Å²) in [6.45, 7) is 4.07. The fraction of sp³-hybridized carbons (Fsp3) is 0.280. The molecule has 2 aliphatic heterocycles. The molecule has 10 nitrogen and oxygen atoms in total. The second-order valence-electron chi connectivity index (χ2n) is 8.27. The number of nitrogens with zero attached hydrogens (tertiary/aromatic N) is 4. The second-order valence-corrected chi connectivity index (χ2v) is 8.27. The average molecular weight is 475 g/mol. The van der Waals surface area contributed by atoms with Gasteiger partial charge in [-0.15, -0.1) is 0 Å². The molecule has 2 aliphatic rings. The first-order valence-corrected chi connectivity index (χ1v) is 11.4. The second kappa shape index (κ2) is 9.98. The molecule has 1 atom stereocenters. The number of allylic oxidation sites excluding steroid dienone is 1. The lowest BCUT2D eigenvalue weighted by atomic mass is 9.95. The van der Waals surface area contributed by atoms with E-state index in [-0.39, 0.29) is 18.4 Å². The van der Waals surface area contributed by atoms with Gasteiger partial charge in [0.1, 0.15) is 18.1 Å². The van der Waals surface area contributed by atoms with Gasteiger partial charge in [0.2, 0.25) is 5.95 Å². The highest BCUT2D eigenvalue weighted by Gasteiger charge is 2.33. The number of para-hydroxylation sites is 1. The maximum atomic E-state index is 13.3. The maximum absolute atomic E-state index is 13.3. The number of carbonyl (C=O) groups excluding carboxylic acids is 2. The van der Waals surface area contributed by atoms with Crippen molar-refractivity contribution in [2.75, 3.05) is 43.5 Å². The van der Waals surface area contributed by atoms with E-state index >= 15 is 0 Å². The molecule has 10 heteroatoms. The Kier molecular flexibility index (Phi) is 6.44. The Labute approximate surface area is 202 Å². The van der Waals surface area contributed by atoms with Crippen molar-refractivity contribution in [1.82, 2.24) is 19.7 Å². The number of amides is 2. The minimum Gasteiger partial charge on any atom is -0.484 e. The summed E-state index contributed by atoms with van der Waals surface area (Å²) in [7, 11) is 0. The number of fused-ring (bicyclic) bond motifs is 1. The Morgan fingerprint density at radius 2 is 1.86 bits per heavy atom. The van der Waals surface area contributed by atoms with Gasteiger partial charge in [-0.25, -0.2) is 4.68 Å². The molecule has 5 rings (SSSR count). The van der Waals surface area contributed by atoms with Gasteiger partial charge in [0, 0.05) is 24.5 Å². The van der Waals surface area contributed by atoms with E-state index in [0.717, 1.165) is 5.56 Å². The SMILES string of the molecule is CC1=C(C(=O)Nc2ccccc2)C(c2ccc(OCC(=O)N3CCOCC3)cc2)n2ncnc2N1. The standard InChI is InChI=1S/C25H26N6O4/c1-17-22(24(33)29-19-5-3-2-4-6-19)23(31-25(28-17)26-16-27-31)18-7-9-20(10-8-18)35-15-21(32)30-11-13-34-14-12-30/h2-10,16,23H,11-15H2,1H3,(H,29,33)(H,26,27,28). The Hall–Kier alpha value is -4.18. The molecule has 2 N–H and O–H groups in total. The van der Waals surface area contributed by atoms with Gasteiger partial charge in [-0.05, 0) is 36.8 Å². The van der Waals surface area contributed by atoms with E-state index in [1.165, 1.54) is 6.33 Å². The van der Waals surface area contributed by atoms with E-state index in [4.69, 9.17) is 9.47 Å². The first-order chi connectivity index (χ1) is 17.1. The van der Waals surface area contributed by atoms with Crippen LogP contribution in [0.3, 0.4) is 0 Å². The summed E-state index contributed by atoms with van der Waals surface area (Å²) in [5, 5.41) is 10.5. The third kappa shape index (κ3) is 4.87. The van der Waals surface area contributed by atoms with Crippen molar-refractivity contribution in [3.8, 4) is 5.75 Å². The largest absolute Gasteiger partial charge is 0.484 e. The fourth-order valence-electron chi connectivity index (χ4n) is 4.21. The molecular weight excluding hydrogens is 448 g/mol. The summed E-state index contributed by atoms with van der Waals surface area (Å²) in [4.78, 5) is 31.7. The Balaban J connectivity index is 1.35. The van der Waals surface area contributed by atoms with Gasteiger partial charge in [-0.1, -0.05) is 30.3 Å². The number of morpholine rings is 1. The first kappa shape index (κ1) is 22.6. The van der Waals surface area contributed by atoms with E-state index in [9.17, 15) is 9.59 Å². The molecule has 2 aromatic carbocycles. The topological polar surface area (TPSA) is 111 Å². The quantitative estimate of drug-likeness (QED) is 0.565. The molecule has 1 unspecified atom stereocenters. The first-order valence-electron chi connectivity index (χ1n) is 11.4. The van der Waals surface area contributed by atoms with Gasteiger partial charge in [0.05, 0.1) is 18.8 Å². The molecule has 0 saturated carbocycles. The lowest BCUT2D eigenvalue weighted by Crippen LogP contribution is -2.42. The van der Waals surface area contributed by atoms with Gasteiger partial charge in [0.15, 0.2) is 6.61 Å². The van der Waals surface area contributed by atoms with E-state index in [0.29, 0.717) is 55.0 Å². The van der Waals surface area contributed by atoms with E-state index in [2.05, 4.69) is 20.7 Å². The minimum atomic E-state index is -0.485. The van der Waals surface area contributed by atoms with Crippen molar-refractivity contribution in [2.24, 2.45) is 0 Å². The zero-order valence-electron chi connectivity index (χ0n) is 19.3. The number of hydrogen-bond acceptors (Lipinski definition) is 7. The summed E-state index contributed by atoms with van der Waals surface area (Å²) in [5.74, 6) is 0.824. The van der Waals surface area contributed by atoms with Gasteiger partial charge < -0.3 is 25.0 Å². The van der Waals surface area contributed by atoms with Crippen LogP contribution >= 0.6 is 0 Å². The van der Waals surface area contributed by atoms with Crippen LogP contribution in [0.4, 0.5) is 11.6 Å². The van der Waals surface area contributed by atoms with Crippen molar-refractivity contribution in [3.63, 3.8) is 0 Å². The number of carbonyl (C=O) groups is 2. The van der Waals surface area contributed by atoms with E-state index < -0.39 is 6.04 Å². The molecule has 0 radical (unpaired) electrons. The van der Waals surface area contributed by atoms with Gasteiger partial charge in [-0.2, -0.15) is 10.1 Å². The molecule has 0 bridgehead atoms. The van der Waals surface area contributed by atoms with Crippen molar-refractivity contribution in [2.45, 2.75) is 13.0 Å². The predicted octanol–water partition coefficient (Wildman–Crippen LogP) is 2.44.